The highest BCUT2D eigenvalue weighted by atomic mass is 15.3. The van der Waals surface area contributed by atoms with Gasteiger partial charge in [0.1, 0.15) is 0 Å². The normalized spacial score (nSPS) is 11.0. The Kier molecular flexibility index (Phi) is 5.66. The Balaban J connectivity index is 1.97. The first-order chi connectivity index (χ1) is 10.5. The van der Waals surface area contributed by atoms with Gasteiger partial charge in [-0.3, -0.25) is 0 Å². The summed E-state index contributed by atoms with van der Waals surface area (Å²) in [5.41, 5.74) is 2.31. The third-order valence-electron chi connectivity index (χ3n) is 3.25. The molecule has 6 heteroatoms. The van der Waals surface area contributed by atoms with E-state index < -0.39 is 0 Å². The van der Waals surface area contributed by atoms with Crippen molar-refractivity contribution in [2.24, 2.45) is 0 Å². The minimum absolute atomic E-state index is 0.530. The van der Waals surface area contributed by atoms with Gasteiger partial charge in [-0.2, -0.15) is 10.1 Å². The number of likely N-dealkylation sites (N-methyl/N-ethyl adjacent to an activating group) is 1. The number of nitrogens with zero attached hydrogens (tertiary/aromatic N) is 4. The van der Waals surface area contributed by atoms with E-state index in [1.165, 1.54) is 5.56 Å². The van der Waals surface area contributed by atoms with Crippen molar-refractivity contribution in [3.63, 3.8) is 0 Å². The van der Waals surface area contributed by atoms with Crippen LogP contribution in [0.2, 0.25) is 0 Å². The highest BCUT2D eigenvalue weighted by Gasteiger charge is 2.03. The van der Waals surface area contributed by atoms with E-state index in [1.54, 1.807) is 6.20 Å². The molecule has 6 nitrogen and oxygen atoms in total. The summed E-state index contributed by atoms with van der Waals surface area (Å²) in [6.45, 7) is 6.06. The van der Waals surface area contributed by atoms with Crippen LogP contribution in [0.3, 0.4) is 0 Å². The molecule has 1 aromatic carbocycles. The molecule has 2 aromatic rings. The molecule has 0 saturated heterocycles. The van der Waals surface area contributed by atoms with Gasteiger partial charge in [0.15, 0.2) is 5.82 Å². The van der Waals surface area contributed by atoms with Crippen LogP contribution in [0.25, 0.3) is 0 Å². The van der Waals surface area contributed by atoms with Crippen molar-refractivity contribution in [3.05, 3.63) is 36.0 Å². The lowest BCUT2D eigenvalue weighted by Crippen LogP contribution is -2.21. The van der Waals surface area contributed by atoms with E-state index in [4.69, 9.17) is 0 Å². The summed E-state index contributed by atoms with van der Waals surface area (Å²) < 4.78 is 0. The van der Waals surface area contributed by atoms with Crippen LogP contribution in [-0.2, 0) is 0 Å². The number of rotatable bonds is 7. The van der Waals surface area contributed by atoms with Gasteiger partial charge in [-0.05, 0) is 37.7 Å². The molecule has 0 bridgehead atoms. The molecular formula is C16H24N6. The molecule has 1 aromatic heterocycles. The Labute approximate surface area is 132 Å². The maximum Gasteiger partial charge on any atom is 0.244 e. The second-order valence-corrected chi connectivity index (χ2v) is 5.80. The molecule has 2 rings (SSSR count). The number of benzene rings is 1. The van der Waals surface area contributed by atoms with Gasteiger partial charge < -0.3 is 15.5 Å². The first-order valence-corrected chi connectivity index (χ1v) is 7.50. The largest absolute Gasteiger partial charge is 0.352 e. The van der Waals surface area contributed by atoms with Gasteiger partial charge in [0.25, 0.3) is 0 Å². The van der Waals surface area contributed by atoms with Gasteiger partial charge in [0.2, 0.25) is 5.95 Å². The zero-order valence-corrected chi connectivity index (χ0v) is 13.7. The molecule has 0 unspecified atom stereocenters. The van der Waals surface area contributed by atoms with Crippen molar-refractivity contribution >= 4 is 17.5 Å². The molecule has 0 amide bonds. The van der Waals surface area contributed by atoms with E-state index in [1.807, 2.05) is 14.1 Å². The van der Waals surface area contributed by atoms with Crippen LogP contribution in [0, 0.1) is 0 Å². The minimum Gasteiger partial charge on any atom is -0.352 e. The summed E-state index contributed by atoms with van der Waals surface area (Å²) in [6.07, 6.45) is 1.62. The molecule has 0 fully saturated rings. The van der Waals surface area contributed by atoms with Gasteiger partial charge in [-0.15, -0.1) is 5.10 Å². The fraction of sp³-hybridized carbons (Fsp3) is 0.438. The van der Waals surface area contributed by atoms with E-state index in [-0.39, 0.29) is 0 Å². The molecule has 2 N–H and O–H groups in total. The third-order valence-corrected chi connectivity index (χ3v) is 3.25. The maximum atomic E-state index is 4.41. The van der Waals surface area contributed by atoms with E-state index in [0.717, 1.165) is 18.8 Å². The fourth-order valence-corrected chi connectivity index (χ4v) is 1.93. The van der Waals surface area contributed by atoms with Gasteiger partial charge in [-0.25, -0.2) is 0 Å². The van der Waals surface area contributed by atoms with E-state index in [2.05, 4.69) is 68.8 Å². The van der Waals surface area contributed by atoms with Gasteiger partial charge in [0.05, 0.1) is 6.20 Å². The summed E-state index contributed by atoms with van der Waals surface area (Å²) in [4.78, 5) is 6.50. The van der Waals surface area contributed by atoms with Crippen LogP contribution in [0.15, 0.2) is 30.5 Å². The predicted octanol–water partition coefficient (Wildman–Crippen LogP) is 2.71. The van der Waals surface area contributed by atoms with E-state index in [9.17, 15) is 0 Å². The second kappa shape index (κ2) is 7.70. The van der Waals surface area contributed by atoms with Crippen LogP contribution in [-0.4, -0.2) is 47.3 Å². The molecule has 0 aliphatic rings. The van der Waals surface area contributed by atoms with Gasteiger partial charge >= 0.3 is 0 Å². The summed E-state index contributed by atoms with van der Waals surface area (Å²) in [6, 6.07) is 8.35. The first-order valence-electron chi connectivity index (χ1n) is 7.50. The molecular weight excluding hydrogens is 276 g/mol. The zero-order valence-electron chi connectivity index (χ0n) is 13.7. The van der Waals surface area contributed by atoms with Crippen molar-refractivity contribution in [3.8, 4) is 0 Å². The Morgan fingerprint density at radius 2 is 1.86 bits per heavy atom. The van der Waals surface area contributed by atoms with Gasteiger partial charge in [0, 0.05) is 18.8 Å². The molecule has 0 atom stereocenters. The summed E-state index contributed by atoms with van der Waals surface area (Å²) in [7, 11) is 4.05. The number of anilines is 3. The minimum atomic E-state index is 0.530. The number of nitrogens with one attached hydrogen (secondary N) is 2. The quantitative estimate of drug-likeness (QED) is 0.819. The topological polar surface area (TPSA) is 66.0 Å². The van der Waals surface area contributed by atoms with Crippen LogP contribution >= 0.6 is 0 Å². The fourth-order valence-electron chi connectivity index (χ4n) is 1.93. The maximum absolute atomic E-state index is 4.41. The predicted molar refractivity (Wildman–Crippen MR) is 90.7 cm³/mol. The van der Waals surface area contributed by atoms with E-state index in [0.29, 0.717) is 17.7 Å². The lowest BCUT2D eigenvalue weighted by molar-refractivity contribution is 0.425. The number of aromatic nitrogens is 3. The second-order valence-electron chi connectivity index (χ2n) is 5.80. The van der Waals surface area contributed by atoms with Crippen molar-refractivity contribution in [2.45, 2.75) is 19.8 Å². The standard InChI is InChI=1S/C16H24N6/c1-12(2)13-5-7-14(8-6-13)19-15-11-18-21-16(20-15)17-9-10-22(3)4/h5-8,11-12H,9-10H2,1-4H3,(H2,17,19,20,21). The summed E-state index contributed by atoms with van der Waals surface area (Å²) in [5, 5.41) is 14.4. The molecule has 0 saturated carbocycles. The monoisotopic (exact) mass is 300 g/mol. The Bertz CT molecular complexity index is 579. The lowest BCUT2D eigenvalue weighted by atomic mass is 10.0. The molecule has 22 heavy (non-hydrogen) atoms. The SMILES string of the molecule is CC(C)c1ccc(Nc2cnnc(NCCN(C)C)n2)cc1. The highest BCUT2D eigenvalue weighted by Crippen LogP contribution is 2.19. The average molecular weight is 300 g/mol. The van der Waals surface area contributed by atoms with Crippen LogP contribution < -0.4 is 10.6 Å². The summed E-state index contributed by atoms with van der Waals surface area (Å²) in [5.74, 6) is 1.74. The van der Waals surface area contributed by atoms with Crippen LogP contribution in [0.1, 0.15) is 25.3 Å². The summed E-state index contributed by atoms with van der Waals surface area (Å²) >= 11 is 0. The molecule has 0 radical (unpaired) electrons. The first kappa shape index (κ1) is 16.2. The molecule has 0 spiro atoms. The van der Waals surface area contributed by atoms with Crippen LogP contribution in [0.4, 0.5) is 17.5 Å². The molecule has 0 aliphatic carbocycles. The van der Waals surface area contributed by atoms with Crippen LogP contribution in [0.5, 0.6) is 0 Å². The number of hydrogen-bond acceptors (Lipinski definition) is 6. The van der Waals surface area contributed by atoms with Crippen molar-refractivity contribution < 1.29 is 0 Å². The molecule has 0 aliphatic heterocycles. The van der Waals surface area contributed by atoms with Crippen molar-refractivity contribution in [2.75, 3.05) is 37.8 Å². The Morgan fingerprint density at radius 3 is 2.50 bits per heavy atom. The average Bonchev–Trinajstić information content (AvgIpc) is 2.48. The molecule has 1 heterocycles. The van der Waals surface area contributed by atoms with Gasteiger partial charge in [-0.1, -0.05) is 26.0 Å². The lowest BCUT2D eigenvalue weighted by Gasteiger charge is -2.11. The zero-order chi connectivity index (χ0) is 15.9. The smallest absolute Gasteiger partial charge is 0.244 e. The van der Waals surface area contributed by atoms with Crippen molar-refractivity contribution in [1.29, 1.82) is 0 Å². The Hall–Kier alpha value is -2.21. The molecule has 118 valence electrons. The van der Waals surface area contributed by atoms with Crippen molar-refractivity contribution in [1.82, 2.24) is 20.1 Å². The highest BCUT2D eigenvalue weighted by molar-refractivity contribution is 5.56. The third kappa shape index (κ3) is 4.96. The Morgan fingerprint density at radius 1 is 1.14 bits per heavy atom. The number of hydrogen-bond donors (Lipinski definition) is 2. The van der Waals surface area contributed by atoms with E-state index >= 15 is 0 Å².